The Balaban J connectivity index is 1.81. The number of carbonyl (C=O) groups is 2. The van der Waals surface area contributed by atoms with Crippen LogP contribution in [0.3, 0.4) is 0 Å². The topological polar surface area (TPSA) is 49.4 Å². The van der Waals surface area contributed by atoms with Crippen molar-refractivity contribution in [3.8, 4) is 0 Å². The monoisotopic (exact) mass is 406 g/mol. The van der Waals surface area contributed by atoms with Crippen LogP contribution in [0.2, 0.25) is 0 Å². The Kier molecular flexibility index (Phi) is 6.83. The average Bonchev–Trinajstić information content (AvgIpc) is 3.22. The van der Waals surface area contributed by atoms with Crippen LogP contribution in [0.4, 0.5) is 5.69 Å². The lowest BCUT2D eigenvalue weighted by Gasteiger charge is -2.28. The number of nitrogens with zero attached hydrogens (tertiary/aromatic N) is 1. The third kappa shape index (κ3) is 5.33. The number of likely N-dealkylation sites (N-methyl/N-ethyl adjacent to an activating group) is 1. The van der Waals surface area contributed by atoms with Crippen LogP contribution in [-0.4, -0.2) is 23.8 Å². The molecule has 0 saturated carbocycles. The number of benzene rings is 2. The first-order chi connectivity index (χ1) is 14.0. The Morgan fingerprint density at radius 2 is 1.62 bits per heavy atom. The first kappa shape index (κ1) is 20.8. The highest BCUT2D eigenvalue weighted by atomic mass is 32.1. The van der Waals surface area contributed by atoms with Gasteiger partial charge in [-0.2, -0.15) is 0 Å². The Hall–Kier alpha value is -2.92. The van der Waals surface area contributed by atoms with Gasteiger partial charge in [0.15, 0.2) is 0 Å². The molecule has 29 heavy (non-hydrogen) atoms. The molecule has 1 N–H and O–H groups in total. The number of hydrogen-bond acceptors (Lipinski definition) is 3. The molecule has 0 bridgehead atoms. The minimum atomic E-state index is -0.701. The normalized spacial score (nSPS) is 11.9. The molecular formula is C24H26N2O2S. The van der Waals surface area contributed by atoms with E-state index in [1.54, 1.807) is 18.4 Å². The predicted molar refractivity (Wildman–Crippen MR) is 119 cm³/mol. The van der Waals surface area contributed by atoms with E-state index >= 15 is 0 Å². The van der Waals surface area contributed by atoms with Crippen LogP contribution in [0.25, 0.3) is 0 Å². The molecule has 0 radical (unpaired) electrons. The quantitative estimate of drug-likeness (QED) is 0.582. The van der Waals surface area contributed by atoms with Crippen molar-refractivity contribution in [1.29, 1.82) is 0 Å². The molecule has 3 rings (SSSR count). The highest BCUT2D eigenvalue weighted by molar-refractivity contribution is 7.10. The van der Waals surface area contributed by atoms with Crippen LogP contribution in [0.1, 0.15) is 41.8 Å². The van der Waals surface area contributed by atoms with E-state index in [9.17, 15) is 9.59 Å². The summed E-state index contributed by atoms with van der Waals surface area (Å²) in [5.41, 5.74) is 2.72. The second-order valence-corrected chi connectivity index (χ2v) is 8.37. The first-order valence-corrected chi connectivity index (χ1v) is 10.6. The molecule has 0 spiro atoms. The van der Waals surface area contributed by atoms with Gasteiger partial charge >= 0.3 is 0 Å². The molecule has 3 aromatic rings. The summed E-state index contributed by atoms with van der Waals surface area (Å²) < 4.78 is 0. The second kappa shape index (κ2) is 9.52. The molecule has 0 aliphatic heterocycles. The Bertz CT molecular complexity index is 935. The predicted octanol–water partition coefficient (Wildman–Crippen LogP) is 5.25. The van der Waals surface area contributed by atoms with E-state index in [1.807, 2.05) is 72.1 Å². The van der Waals surface area contributed by atoms with Crippen molar-refractivity contribution in [2.75, 3.05) is 12.4 Å². The van der Waals surface area contributed by atoms with Crippen molar-refractivity contribution in [2.24, 2.45) is 0 Å². The summed E-state index contributed by atoms with van der Waals surface area (Å²) in [6.45, 7) is 4.26. The summed E-state index contributed by atoms with van der Waals surface area (Å²) in [6.07, 6.45) is 0.286. The number of rotatable bonds is 7. The number of anilines is 1. The smallest absolute Gasteiger partial charge is 0.251 e. The lowest BCUT2D eigenvalue weighted by atomic mass is 10.0. The maximum atomic E-state index is 13.2. The van der Waals surface area contributed by atoms with Gasteiger partial charge in [0.2, 0.25) is 5.91 Å². The van der Waals surface area contributed by atoms with Gasteiger partial charge in [-0.15, -0.1) is 11.3 Å². The van der Waals surface area contributed by atoms with Crippen molar-refractivity contribution >= 4 is 28.8 Å². The molecule has 1 atom stereocenters. The zero-order valence-corrected chi connectivity index (χ0v) is 17.8. The molecule has 1 unspecified atom stereocenters. The molecule has 0 aliphatic rings. The fourth-order valence-electron chi connectivity index (χ4n) is 3.18. The zero-order chi connectivity index (χ0) is 20.8. The van der Waals surface area contributed by atoms with Crippen molar-refractivity contribution in [2.45, 2.75) is 32.2 Å². The van der Waals surface area contributed by atoms with Crippen LogP contribution in [0.15, 0.2) is 72.1 Å². The van der Waals surface area contributed by atoms with Crippen LogP contribution in [0.5, 0.6) is 0 Å². The number of thiophene rings is 1. The zero-order valence-electron chi connectivity index (χ0n) is 17.0. The lowest BCUT2D eigenvalue weighted by Crippen LogP contribution is -2.39. The van der Waals surface area contributed by atoms with E-state index in [1.165, 1.54) is 10.5 Å². The van der Waals surface area contributed by atoms with Gasteiger partial charge in [-0.05, 0) is 40.6 Å². The Morgan fingerprint density at radius 3 is 2.21 bits per heavy atom. The molecule has 5 heteroatoms. The van der Waals surface area contributed by atoms with E-state index in [2.05, 4.69) is 19.2 Å². The molecule has 0 fully saturated rings. The summed E-state index contributed by atoms with van der Waals surface area (Å²) >= 11 is 1.54. The van der Waals surface area contributed by atoms with Crippen LogP contribution >= 0.6 is 11.3 Å². The van der Waals surface area contributed by atoms with E-state index in [-0.39, 0.29) is 18.2 Å². The number of amides is 2. The number of carbonyl (C=O) groups excluding carboxylic acids is 2. The summed E-state index contributed by atoms with van der Waals surface area (Å²) in [4.78, 5) is 28.6. The highest BCUT2D eigenvalue weighted by Gasteiger charge is 2.28. The number of hydrogen-bond donors (Lipinski definition) is 1. The SMILES string of the molecule is CC(C)c1ccc(NC(=O)C(c2ccccc2)N(C)C(=O)Cc2cccs2)cc1. The van der Waals surface area contributed by atoms with E-state index < -0.39 is 6.04 Å². The van der Waals surface area contributed by atoms with Crippen molar-refractivity contribution in [3.05, 3.63) is 88.1 Å². The third-order valence-corrected chi connectivity index (χ3v) is 5.77. The molecule has 1 heterocycles. The molecule has 150 valence electrons. The van der Waals surface area contributed by atoms with Gasteiger partial charge in [-0.3, -0.25) is 9.59 Å². The number of nitrogens with one attached hydrogen (secondary N) is 1. The largest absolute Gasteiger partial charge is 0.329 e. The van der Waals surface area contributed by atoms with Gasteiger partial charge in [0, 0.05) is 17.6 Å². The van der Waals surface area contributed by atoms with Crippen LogP contribution in [0, 0.1) is 0 Å². The Morgan fingerprint density at radius 1 is 0.931 bits per heavy atom. The fourth-order valence-corrected chi connectivity index (χ4v) is 3.87. The Labute approximate surface area is 176 Å². The third-order valence-electron chi connectivity index (χ3n) is 4.89. The molecular weight excluding hydrogens is 380 g/mol. The molecule has 2 amide bonds. The fraction of sp³-hybridized carbons (Fsp3) is 0.250. The van der Waals surface area contributed by atoms with Crippen LogP contribution in [-0.2, 0) is 16.0 Å². The van der Waals surface area contributed by atoms with Crippen molar-refractivity contribution < 1.29 is 9.59 Å². The molecule has 0 saturated heterocycles. The lowest BCUT2D eigenvalue weighted by molar-refractivity contribution is -0.136. The standard InChI is InChI=1S/C24H26N2O2S/c1-17(2)18-11-13-20(14-12-18)25-24(28)23(19-8-5-4-6-9-19)26(3)22(27)16-21-10-7-15-29-21/h4-15,17,23H,16H2,1-3H3,(H,25,28). The first-order valence-electron chi connectivity index (χ1n) is 9.69. The average molecular weight is 407 g/mol. The molecule has 1 aromatic heterocycles. The van der Waals surface area contributed by atoms with Gasteiger partial charge in [-0.25, -0.2) is 0 Å². The maximum Gasteiger partial charge on any atom is 0.251 e. The summed E-state index contributed by atoms with van der Waals surface area (Å²) in [5, 5.41) is 4.92. The van der Waals surface area contributed by atoms with Crippen molar-refractivity contribution in [3.63, 3.8) is 0 Å². The van der Waals surface area contributed by atoms with Gasteiger partial charge in [0.05, 0.1) is 6.42 Å². The minimum absolute atomic E-state index is 0.0911. The second-order valence-electron chi connectivity index (χ2n) is 7.34. The van der Waals surface area contributed by atoms with E-state index in [0.717, 1.165) is 16.1 Å². The van der Waals surface area contributed by atoms with Gasteiger partial charge in [0.25, 0.3) is 5.91 Å². The van der Waals surface area contributed by atoms with Crippen LogP contribution < -0.4 is 5.32 Å². The van der Waals surface area contributed by atoms with Crippen molar-refractivity contribution in [1.82, 2.24) is 4.90 Å². The molecule has 4 nitrogen and oxygen atoms in total. The maximum absolute atomic E-state index is 13.2. The van der Waals surface area contributed by atoms with Gasteiger partial charge in [0.1, 0.15) is 6.04 Å². The summed E-state index contributed by atoms with van der Waals surface area (Å²) in [6, 6.07) is 20.4. The van der Waals surface area contributed by atoms with E-state index in [4.69, 9.17) is 0 Å². The van der Waals surface area contributed by atoms with Gasteiger partial charge < -0.3 is 10.2 Å². The molecule has 2 aromatic carbocycles. The highest BCUT2D eigenvalue weighted by Crippen LogP contribution is 2.24. The van der Waals surface area contributed by atoms with Gasteiger partial charge in [-0.1, -0.05) is 62.4 Å². The molecule has 0 aliphatic carbocycles. The minimum Gasteiger partial charge on any atom is -0.329 e. The summed E-state index contributed by atoms with van der Waals surface area (Å²) in [7, 11) is 1.69. The summed E-state index contributed by atoms with van der Waals surface area (Å²) in [5.74, 6) is 0.111. The van der Waals surface area contributed by atoms with E-state index in [0.29, 0.717) is 5.92 Å².